The third-order valence-corrected chi connectivity index (χ3v) is 5.52. The molecule has 36 heavy (non-hydrogen) atoms. The molecule has 9 heteroatoms. The van der Waals surface area contributed by atoms with Crippen LogP contribution in [0.15, 0.2) is 46.5 Å². The number of methoxy groups -OCH3 is 2. The van der Waals surface area contributed by atoms with Gasteiger partial charge in [-0.1, -0.05) is 26.0 Å². The quantitative estimate of drug-likeness (QED) is 0.150. The van der Waals surface area contributed by atoms with Gasteiger partial charge in [0.25, 0.3) is 5.91 Å². The number of amides is 1. The van der Waals surface area contributed by atoms with Crippen molar-refractivity contribution in [2.75, 3.05) is 14.2 Å². The molecule has 0 heterocycles. The number of esters is 2. The number of carbonyl (C=O) groups is 3. The zero-order valence-electron chi connectivity index (χ0n) is 22.6. The third kappa shape index (κ3) is 7.96. The first-order chi connectivity index (χ1) is 16.9. The van der Waals surface area contributed by atoms with Crippen molar-refractivity contribution < 1.29 is 33.3 Å². The monoisotopic (exact) mass is 502 g/mol. The number of nitrogens with zero attached hydrogens (tertiary/aromatic N) is 1. The minimum atomic E-state index is -1.03. The van der Waals surface area contributed by atoms with Gasteiger partial charge in [-0.3, -0.25) is 14.6 Å². The van der Waals surface area contributed by atoms with E-state index in [1.54, 1.807) is 14.0 Å². The molecule has 0 aliphatic carbocycles. The van der Waals surface area contributed by atoms with Crippen molar-refractivity contribution >= 4 is 24.6 Å². The molecule has 0 aliphatic rings. The molecule has 1 N–H and O–H groups in total. The number of allylic oxidation sites excluding steroid dienone is 1. The Balaban J connectivity index is 3.14. The van der Waals surface area contributed by atoms with Gasteiger partial charge in [0.1, 0.15) is 17.9 Å². The lowest BCUT2D eigenvalue weighted by Gasteiger charge is -2.30. The van der Waals surface area contributed by atoms with Crippen molar-refractivity contribution in [2.45, 2.75) is 66.5 Å². The number of nitrogens with one attached hydrogen (secondary N) is 1. The molecule has 3 atom stereocenters. The standard InChI is InChI=1S/C27H38N2O7/c1-11-21(33-9)25(36-19(7)30)24(28-8)26(31)29-17(5)27(32)35-18(6)23(15(2)3)20-13-12-16(4)14-22(20)34-10/h11-15,17-18,23H,8H2,1-7,9-10H3,(H,29,31)/b21-11+,25-24+/t17-,18-,23+/m0/s1. The molecule has 1 rings (SSSR count). The number of carbonyl (C=O) groups excluding carboxylic acids is 3. The molecule has 1 aromatic rings. The maximum absolute atomic E-state index is 12.9. The van der Waals surface area contributed by atoms with Crippen LogP contribution in [0.2, 0.25) is 0 Å². The summed E-state index contributed by atoms with van der Waals surface area (Å²) in [4.78, 5) is 41.1. The van der Waals surface area contributed by atoms with Gasteiger partial charge in [0.2, 0.25) is 5.76 Å². The molecule has 0 aliphatic heterocycles. The van der Waals surface area contributed by atoms with Gasteiger partial charge in [0, 0.05) is 18.4 Å². The molecular formula is C27H38N2O7. The smallest absolute Gasteiger partial charge is 0.328 e. The maximum atomic E-state index is 12.9. The lowest BCUT2D eigenvalue weighted by atomic mass is 9.83. The second-order valence-electron chi connectivity index (χ2n) is 8.64. The Kier molecular flexibility index (Phi) is 11.9. The predicted octanol–water partition coefficient (Wildman–Crippen LogP) is 4.21. The molecular weight excluding hydrogens is 464 g/mol. The fraction of sp³-hybridized carbons (Fsp3) is 0.481. The summed E-state index contributed by atoms with van der Waals surface area (Å²) in [5.41, 5.74) is 1.68. The summed E-state index contributed by atoms with van der Waals surface area (Å²) in [7, 11) is 2.96. The second kappa shape index (κ2) is 14.1. The molecule has 0 saturated carbocycles. The Hall–Kier alpha value is -3.62. The van der Waals surface area contributed by atoms with Crippen LogP contribution in [0.5, 0.6) is 5.75 Å². The number of rotatable bonds is 12. The van der Waals surface area contributed by atoms with Crippen LogP contribution < -0.4 is 10.1 Å². The van der Waals surface area contributed by atoms with E-state index in [1.807, 2.05) is 45.9 Å². The van der Waals surface area contributed by atoms with E-state index < -0.39 is 30.0 Å². The first kappa shape index (κ1) is 30.4. The minimum Gasteiger partial charge on any atom is -0.496 e. The molecule has 1 amide bonds. The fourth-order valence-corrected chi connectivity index (χ4v) is 3.88. The van der Waals surface area contributed by atoms with Crippen LogP contribution in [0.3, 0.4) is 0 Å². The van der Waals surface area contributed by atoms with E-state index in [4.69, 9.17) is 18.9 Å². The molecule has 0 unspecified atom stereocenters. The van der Waals surface area contributed by atoms with Crippen LogP contribution in [-0.2, 0) is 28.6 Å². The van der Waals surface area contributed by atoms with Crippen LogP contribution in [0.25, 0.3) is 0 Å². The van der Waals surface area contributed by atoms with E-state index in [1.165, 1.54) is 27.0 Å². The number of ether oxygens (including phenoxy) is 4. The van der Waals surface area contributed by atoms with Crippen molar-refractivity contribution in [3.8, 4) is 5.75 Å². The lowest BCUT2D eigenvalue weighted by Crippen LogP contribution is -2.42. The van der Waals surface area contributed by atoms with Crippen molar-refractivity contribution in [3.63, 3.8) is 0 Å². The Labute approximate surface area is 213 Å². The SMILES string of the molecule is C=N/C(C(=O)N[C@@H](C)C(=O)O[C@@H](C)[C@H](c1ccc(C)cc1OC)C(C)C)=C(OC(C)=O)\C(=C/C)OC. The highest BCUT2D eigenvalue weighted by atomic mass is 16.6. The molecule has 0 aromatic heterocycles. The average molecular weight is 503 g/mol. The molecule has 198 valence electrons. The predicted molar refractivity (Wildman–Crippen MR) is 138 cm³/mol. The van der Waals surface area contributed by atoms with Crippen molar-refractivity contribution in [3.05, 3.63) is 52.6 Å². The van der Waals surface area contributed by atoms with Gasteiger partial charge < -0.3 is 24.3 Å². The number of aliphatic imine (C=N–C) groups is 1. The first-order valence-corrected chi connectivity index (χ1v) is 11.7. The first-order valence-electron chi connectivity index (χ1n) is 11.7. The molecule has 1 aromatic carbocycles. The Morgan fingerprint density at radius 1 is 1.11 bits per heavy atom. The van der Waals surface area contributed by atoms with E-state index in [-0.39, 0.29) is 29.1 Å². The van der Waals surface area contributed by atoms with Crippen LogP contribution in [0, 0.1) is 12.8 Å². The summed E-state index contributed by atoms with van der Waals surface area (Å²) in [6.45, 7) is 15.6. The average Bonchev–Trinajstić information content (AvgIpc) is 2.80. The van der Waals surface area contributed by atoms with E-state index in [9.17, 15) is 14.4 Å². The van der Waals surface area contributed by atoms with E-state index in [2.05, 4.69) is 17.0 Å². The largest absolute Gasteiger partial charge is 0.496 e. The van der Waals surface area contributed by atoms with Gasteiger partial charge in [-0.2, -0.15) is 0 Å². The normalized spacial score (nSPS) is 14.7. The third-order valence-electron chi connectivity index (χ3n) is 5.52. The number of hydrogen-bond donors (Lipinski definition) is 1. The minimum absolute atomic E-state index is 0.110. The molecule has 0 saturated heterocycles. The molecule has 0 radical (unpaired) electrons. The summed E-state index contributed by atoms with van der Waals surface area (Å²) >= 11 is 0. The molecule has 0 fully saturated rings. The summed E-state index contributed by atoms with van der Waals surface area (Å²) in [5.74, 6) is -1.48. The van der Waals surface area contributed by atoms with Crippen molar-refractivity contribution in [2.24, 2.45) is 10.9 Å². The van der Waals surface area contributed by atoms with Gasteiger partial charge in [-0.05, 0) is 58.0 Å². The highest BCUT2D eigenvalue weighted by Gasteiger charge is 2.31. The van der Waals surface area contributed by atoms with E-state index >= 15 is 0 Å². The summed E-state index contributed by atoms with van der Waals surface area (Å²) < 4.78 is 21.6. The summed E-state index contributed by atoms with van der Waals surface area (Å²) in [5, 5.41) is 2.53. The Morgan fingerprint density at radius 3 is 2.22 bits per heavy atom. The van der Waals surface area contributed by atoms with Gasteiger partial charge in [-0.25, -0.2) is 4.79 Å². The number of aryl methyl sites for hydroxylation is 1. The van der Waals surface area contributed by atoms with E-state index in [0.717, 1.165) is 16.9 Å². The number of benzene rings is 1. The van der Waals surface area contributed by atoms with Gasteiger partial charge >= 0.3 is 11.9 Å². The van der Waals surface area contributed by atoms with Crippen LogP contribution in [0.4, 0.5) is 0 Å². The van der Waals surface area contributed by atoms with Gasteiger partial charge in [-0.15, -0.1) is 0 Å². The molecule has 0 bridgehead atoms. The second-order valence-corrected chi connectivity index (χ2v) is 8.64. The van der Waals surface area contributed by atoms with Crippen molar-refractivity contribution in [1.29, 1.82) is 0 Å². The highest BCUT2D eigenvalue weighted by molar-refractivity contribution is 5.97. The molecule has 9 nitrogen and oxygen atoms in total. The van der Waals surface area contributed by atoms with Crippen LogP contribution in [-0.4, -0.2) is 50.9 Å². The lowest BCUT2D eigenvalue weighted by molar-refractivity contribution is -0.153. The van der Waals surface area contributed by atoms with Crippen LogP contribution >= 0.6 is 0 Å². The summed E-state index contributed by atoms with van der Waals surface area (Å²) in [6.07, 6.45) is 0.988. The topological polar surface area (TPSA) is 113 Å². The zero-order valence-corrected chi connectivity index (χ0v) is 22.6. The summed E-state index contributed by atoms with van der Waals surface area (Å²) in [6, 6.07) is 4.88. The fourth-order valence-electron chi connectivity index (χ4n) is 3.88. The van der Waals surface area contributed by atoms with Crippen molar-refractivity contribution in [1.82, 2.24) is 5.32 Å². The van der Waals surface area contributed by atoms with E-state index in [0.29, 0.717) is 0 Å². The number of hydrogen-bond acceptors (Lipinski definition) is 8. The van der Waals surface area contributed by atoms with Gasteiger partial charge in [0.05, 0.1) is 14.2 Å². The Bertz CT molecular complexity index is 1030. The molecule has 0 spiro atoms. The Morgan fingerprint density at radius 2 is 1.75 bits per heavy atom. The van der Waals surface area contributed by atoms with Gasteiger partial charge in [0.15, 0.2) is 11.5 Å². The zero-order chi connectivity index (χ0) is 27.6. The maximum Gasteiger partial charge on any atom is 0.328 e. The highest BCUT2D eigenvalue weighted by Crippen LogP contribution is 2.36. The van der Waals surface area contributed by atoms with Crippen LogP contribution in [0.1, 0.15) is 58.6 Å².